The Kier molecular flexibility index (Phi) is 4.86. The number of benzene rings is 1. The minimum Gasteiger partial charge on any atom is -0.461 e. The van der Waals surface area contributed by atoms with Crippen LogP contribution < -0.4 is 0 Å². The van der Waals surface area contributed by atoms with Crippen LogP contribution in [0.5, 0.6) is 0 Å². The van der Waals surface area contributed by atoms with Crippen LogP contribution >= 0.6 is 0 Å². The van der Waals surface area contributed by atoms with Gasteiger partial charge in [-0.15, -0.1) is 12.1 Å². The first-order chi connectivity index (χ1) is 4.47. The van der Waals surface area contributed by atoms with Gasteiger partial charge in [0.2, 0.25) is 0 Å². The quantitative estimate of drug-likeness (QED) is 0.729. The second-order valence-corrected chi connectivity index (χ2v) is 1.87. The van der Waals surface area contributed by atoms with E-state index >= 15 is 0 Å². The summed E-state index contributed by atoms with van der Waals surface area (Å²) < 4.78 is 0. The van der Waals surface area contributed by atoms with E-state index in [1.54, 1.807) is 0 Å². The molecule has 0 aliphatic rings. The summed E-state index contributed by atoms with van der Waals surface area (Å²) in [6, 6.07) is 7.84. The molecule has 1 radical (unpaired) electrons. The maximum Gasteiger partial charge on any atom is 0 e. The summed E-state index contributed by atoms with van der Waals surface area (Å²) in [6.45, 7) is 0. The predicted molar refractivity (Wildman–Crippen MR) is 41.3 cm³/mol. The zero-order chi connectivity index (χ0) is 6.10. The van der Waals surface area contributed by atoms with Crippen molar-refractivity contribution in [3.8, 4) is 0 Å². The first-order valence-electron chi connectivity index (χ1n) is 2.77. The molecule has 2 nitrogen and oxygen atoms in total. The van der Waals surface area contributed by atoms with Crippen LogP contribution in [-0.4, -0.2) is 9.97 Å². The molecule has 0 unspecified atom stereocenters. The van der Waals surface area contributed by atoms with Crippen LogP contribution in [0.4, 0.5) is 0 Å². The van der Waals surface area contributed by atoms with Gasteiger partial charge in [-0.25, -0.2) is 0 Å². The summed E-state index contributed by atoms with van der Waals surface area (Å²) in [6.07, 6.45) is 2.66. The van der Waals surface area contributed by atoms with Crippen LogP contribution in [0.25, 0.3) is 11.0 Å². The van der Waals surface area contributed by atoms with Crippen LogP contribution in [0.3, 0.4) is 0 Å². The molecule has 0 saturated carbocycles. The molecule has 1 N–H and O–H groups in total. The average Bonchev–Trinajstić information content (AvgIpc) is 2.33. The van der Waals surface area contributed by atoms with E-state index in [4.69, 9.17) is 0 Å². The summed E-state index contributed by atoms with van der Waals surface area (Å²) in [7, 11) is 0. The molecule has 0 aliphatic carbocycles. The van der Waals surface area contributed by atoms with Gasteiger partial charge < -0.3 is 17.4 Å². The van der Waals surface area contributed by atoms with Crippen molar-refractivity contribution in [1.29, 1.82) is 0 Å². The molecule has 3 heteroatoms. The number of H-pyrrole nitrogens is 1. The molecular weight excluding hydrogens is 265 g/mol. The van der Waals surface area contributed by atoms with Crippen LogP contribution in [0.2, 0.25) is 0 Å². The molecule has 0 aliphatic heterocycles. The first-order valence-corrected chi connectivity index (χ1v) is 2.77. The van der Waals surface area contributed by atoms with Gasteiger partial charge in [0, 0.05) is 41.3 Å². The SMILES string of the molecule is [CH3-].[Pr].[c-]1nc2ccccc2[nH]1. The van der Waals surface area contributed by atoms with Gasteiger partial charge in [0.15, 0.2) is 0 Å². The van der Waals surface area contributed by atoms with Gasteiger partial charge in [0.25, 0.3) is 0 Å². The Bertz CT molecular complexity index is 286. The van der Waals surface area contributed by atoms with Crippen LogP contribution in [-0.2, 0) is 0 Å². The van der Waals surface area contributed by atoms with Crippen molar-refractivity contribution >= 4 is 11.0 Å². The molecule has 0 atom stereocenters. The number of nitrogens with one attached hydrogen (secondary N) is 1. The van der Waals surface area contributed by atoms with E-state index in [1.807, 2.05) is 24.3 Å². The van der Waals surface area contributed by atoms with E-state index in [1.165, 1.54) is 0 Å². The van der Waals surface area contributed by atoms with Crippen molar-refractivity contribution < 1.29 is 41.3 Å². The van der Waals surface area contributed by atoms with Crippen molar-refractivity contribution in [3.05, 3.63) is 38.0 Å². The minimum absolute atomic E-state index is 0. The molecule has 55 valence electrons. The molecule has 0 spiro atoms. The van der Waals surface area contributed by atoms with Crippen molar-refractivity contribution in [2.75, 3.05) is 0 Å². The number of hydrogen-bond donors (Lipinski definition) is 1. The fourth-order valence-corrected chi connectivity index (χ4v) is 0.825. The maximum atomic E-state index is 3.94. The number of nitrogens with zero attached hydrogens (tertiary/aromatic N) is 1. The van der Waals surface area contributed by atoms with Gasteiger partial charge in [-0.2, -0.15) is 0 Å². The molecule has 0 amide bonds. The summed E-state index contributed by atoms with van der Waals surface area (Å²) in [5.74, 6) is 0. The summed E-state index contributed by atoms with van der Waals surface area (Å²) in [4.78, 5) is 6.82. The Morgan fingerprint density at radius 3 is 2.73 bits per heavy atom. The van der Waals surface area contributed by atoms with Crippen molar-refractivity contribution in [1.82, 2.24) is 9.97 Å². The Morgan fingerprint density at radius 2 is 2.00 bits per heavy atom. The standard InChI is InChI=1S/C7H5N2.CH3.Pr/c1-2-4-7-6(3-1)8-5-9-7;;/h1-4H,(H,8,9);1H3;/q2*-1;. The normalized spacial score (nSPS) is 8.36. The minimum atomic E-state index is 0. The Balaban J connectivity index is 0.000000500. The fourth-order valence-electron chi connectivity index (χ4n) is 0.825. The zero-order valence-corrected chi connectivity index (χ0v) is 10.0. The molecule has 0 saturated heterocycles. The van der Waals surface area contributed by atoms with Gasteiger partial charge in [0.05, 0.1) is 0 Å². The number of imidazole rings is 1. The van der Waals surface area contributed by atoms with Crippen LogP contribution in [0.1, 0.15) is 0 Å². The van der Waals surface area contributed by atoms with E-state index in [-0.39, 0.29) is 48.7 Å². The number of fused-ring (bicyclic) bond motifs is 1. The monoisotopic (exact) mass is 273 g/mol. The number of aromatic amines is 1. The topological polar surface area (TPSA) is 28.7 Å². The van der Waals surface area contributed by atoms with Crippen molar-refractivity contribution in [2.24, 2.45) is 0 Å². The molecular formula is C8H8N2Pr-2. The second-order valence-electron chi connectivity index (χ2n) is 1.87. The van der Waals surface area contributed by atoms with E-state index in [0.717, 1.165) is 11.0 Å². The van der Waals surface area contributed by atoms with Gasteiger partial charge in [-0.3, -0.25) is 0 Å². The Labute approximate surface area is 99.4 Å². The van der Waals surface area contributed by atoms with Gasteiger partial charge in [0.1, 0.15) is 0 Å². The van der Waals surface area contributed by atoms with E-state index in [0.29, 0.717) is 0 Å². The number of aromatic nitrogens is 2. The molecule has 1 heterocycles. The van der Waals surface area contributed by atoms with Crippen LogP contribution in [0.15, 0.2) is 24.3 Å². The van der Waals surface area contributed by atoms with E-state index in [9.17, 15) is 0 Å². The van der Waals surface area contributed by atoms with Gasteiger partial charge in [-0.05, 0) is 6.33 Å². The predicted octanol–water partition coefficient (Wildman–Crippen LogP) is 1.81. The van der Waals surface area contributed by atoms with E-state index < -0.39 is 0 Å². The average molecular weight is 273 g/mol. The number of hydrogen-bond acceptors (Lipinski definition) is 1. The summed E-state index contributed by atoms with van der Waals surface area (Å²) in [5.41, 5.74) is 2.01. The smallest absolute Gasteiger partial charge is 0 e. The van der Waals surface area contributed by atoms with Crippen molar-refractivity contribution in [3.63, 3.8) is 0 Å². The van der Waals surface area contributed by atoms with Crippen molar-refractivity contribution in [2.45, 2.75) is 0 Å². The Hall–Kier alpha value is 0.0536. The maximum absolute atomic E-state index is 3.94. The summed E-state index contributed by atoms with van der Waals surface area (Å²) in [5, 5.41) is 0. The molecule has 2 rings (SSSR count). The third-order valence-electron chi connectivity index (χ3n) is 1.27. The molecule has 11 heavy (non-hydrogen) atoms. The molecule has 2 aromatic rings. The third-order valence-corrected chi connectivity index (χ3v) is 1.27. The fraction of sp³-hybridized carbons (Fsp3) is 0. The molecule has 1 aromatic heterocycles. The third kappa shape index (κ3) is 2.24. The largest absolute Gasteiger partial charge is 0.461 e. The molecule has 0 bridgehead atoms. The first kappa shape index (κ1) is 11.1. The Morgan fingerprint density at radius 1 is 1.27 bits per heavy atom. The number of para-hydroxylation sites is 2. The van der Waals surface area contributed by atoms with Gasteiger partial charge in [-0.1, -0.05) is 23.2 Å². The van der Waals surface area contributed by atoms with E-state index in [2.05, 4.69) is 16.3 Å². The van der Waals surface area contributed by atoms with Crippen LogP contribution in [0, 0.1) is 55.0 Å². The van der Waals surface area contributed by atoms with Gasteiger partial charge >= 0.3 is 0 Å². The summed E-state index contributed by atoms with van der Waals surface area (Å²) >= 11 is 0. The second kappa shape index (κ2) is 4.84. The molecule has 0 fully saturated rings. The zero-order valence-electron chi connectivity index (χ0n) is 6.33. The number of rotatable bonds is 0. The molecule has 1 aromatic carbocycles.